The summed E-state index contributed by atoms with van der Waals surface area (Å²) in [6, 6.07) is 5.20. The minimum atomic E-state index is -0.718. The number of nitrogen functional groups attached to an aromatic ring is 1. The van der Waals surface area contributed by atoms with Crippen molar-refractivity contribution in [1.29, 1.82) is 5.26 Å². The van der Waals surface area contributed by atoms with Crippen LogP contribution in [0.2, 0.25) is 0 Å². The second kappa shape index (κ2) is 9.62. The molecule has 5 aromatic rings. The van der Waals surface area contributed by atoms with Gasteiger partial charge in [0.05, 0.1) is 30.4 Å². The smallest absolute Gasteiger partial charge is 0.228 e. The van der Waals surface area contributed by atoms with Gasteiger partial charge in [0.25, 0.3) is 0 Å². The lowest BCUT2D eigenvalue weighted by Crippen LogP contribution is -2.32. The third kappa shape index (κ3) is 3.98. The van der Waals surface area contributed by atoms with Gasteiger partial charge in [-0.05, 0) is 43.8 Å². The fourth-order valence-corrected chi connectivity index (χ4v) is 6.73. The molecule has 7 rings (SSSR count). The summed E-state index contributed by atoms with van der Waals surface area (Å²) in [5.41, 5.74) is 7.93. The van der Waals surface area contributed by atoms with Crippen LogP contribution in [0.5, 0.6) is 0 Å². The van der Waals surface area contributed by atoms with Gasteiger partial charge in [0.2, 0.25) is 5.95 Å². The van der Waals surface area contributed by atoms with Gasteiger partial charge in [0.1, 0.15) is 40.2 Å². The highest BCUT2D eigenvalue weighted by atomic mass is 32.1. The molecule has 0 saturated carbocycles. The van der Waals surface area contributed by atoms with E-state index in [4.69, 9.17) is 25.0 Å². The summed E-state index contributed by atoms with van der Waals surface area (Å²) in [7, 11) is 4.04. The number of rotatable bonds is 5. The van der Waals surface area contributed by atoms with Gasteiger partial charge in [-0.1, -0.05) is 5.16 Å². The third-order valence-electron chi connectivity index (χ3n) is 7.85. The summed E-state index contributed by atoms with van der Waals surface area (Å²) in [6.45, 7) is 1.57. The van der Waals surface area contributed by atoms with Crippen molar-refractivity contribution in [2.75, 3.05) is 43.1 Å². The van der Waals surface area contributed by atoms with E-state index >= 15 is 8.78 Å². The molecule has 2 aromatic carbocycles. The maximum Gasteiger partial charge on any atom is 0.228 e. The Labute approximate surface area is 236 Å². The first-order valence-corrected chi connectivity index (χ1v) is 13.8. The van der Waals surface area contributed by atoms with Crippen LogP contribution in [0.4, 0.5) is 31.2 Å². The van der Waals surface area contributed by atoms with E-state index in [1.54, 1.807) is 6.07 Å². The second-order valence-corrected chi connectivity index (χ2v) is 11.5. The van der Waals surface area contributed by atoms with Crippen molar-refractivity contribution in [3.05, 3.63) is 52.9 Å². The summed E-state index contributed by atoms with van der Waals surface area (Å²) < 4.78 is 44.1. The number of nitriles is 1. The topological polar surface area (TPSA) is 129 Å². The standard InChI is InChI=1S/C28H24F2N8O2S/c1-37(2)14-5-6-38(9-14)28-35-25-22(27(36-28)34-13-8-33-40-10-13)17-12-39-11-16(17)21(24(25)30)23-18(29)3-4-19-20(23)15(7-31)26(32)41-19/h3-4,8,10,14H,5-6,9,11-12,32H2,1-2H3,(H,34,35,36). The van der Waals surface area contributed by atoms with Gasteiger partial charge >= 0.3 is 0 Å². The van der Waals surface area contributed by atoms with Crippen LogP contribution in [0.15, 0.2) is 29.1 Å². The molecule has 208 valence electrons. The van der Waals surface area contributed by atoms with Gasteiger partial charge in [-0.25, -0.2) is 13.8 Å². The van der Waals surface area contributed by atoms with E-state index in [2.05, 4.69) is 21.4 Å². The monoisotopic (exact) mass is 574 g/mol. The molecular formula is C28H24F2N8O2S. The van der Waals surface area contributed by atoms with Crippen LogP contribution in [0.1, 0.15) is 23.1 Å². The summed E-state index contributed by atoms with van der Waals surface area (Å²) in [4.78, 5) is 13.7. The first-order chi connectivity index (χ1) is 19.9. The van der Waals surface area contributed by atoms with Crippen LogP contribution in [0, 0.1) is 23.0 Å². The van der Waals surface area contributed by atoms with E-state index < -0.39 is 11.6 Å². The van der Waals surface area contributed by atoms with E-state index in [0.29, 0.717) is 51.8 Å². The molecule has 1 unspecified atom stereocenters. The number of hydrogen-bond donors (Lipinski definition) is 2. The Morgan fingerprint density at radius 3 is 2.73 bits per heavy atom. The van der Waals surface area contributed by atoms with Crippen LogP contribution < -0.4 is 16.0 Å². The van der Waals surface area contributed by atoms with E-state index in [1.807, 2.05) is 19.0 Å². The number of halogens is 2. The van der Waals surface area contributed by atoms with Crippen molar-refractivity contribution >= 4 is 54.8 Å². The van der Waals surface area contributed by atoms with Crippen molar-refractivity contribution in [3.63, 3.8) is 0 Å². The molecule has 1 fully saturated rings. The molecule has 2 aliphatic heterocycles. The van der Waals surface area contributed by atoms with Crippen molar-refractivity contribution in [1.82, 2.24) is 20.0 Å². The molecule has 3 N–H and O–H groups in total. The Morgan fingerprint density at radius 1 is 1.17 bits per heavy atom. The molecule has 0 radical (unpaired) electrons. The minimum absolute atomic E-state index is 0.0179. The van der Waals surface area contributed by atoms with Gasteiger partial charge in [0.15, 0.2) is 5.82 Å². The molecular weight excluding hydrogens is 550 g/mol. The second-order valence-electron chi connectivity index (χ2n) is 10.4. The van der Waals surface area contributed by atoms with E-state index in [0.717, 1.165) is 17.8 Å². The Balaban J connectivity index is 1.53. The van der Waals surface area contributed by atoms with Crippen LogP contribution in [-0.4, -0.2) is 53.3 Å². The molecule has 0 bridgehead atoms. The molecule has 41 heavy (non-hydrogen) atoms. The fourth-order valence-electron chi connectivity index (χ4n) is 5.80. The number of nitrogens with one attached hydrogen (secondary N) is 1. The number of hydrogen-bond acceptors (Lipinski definition) is 11. The molecule has 13 heteroatoms. The summed E-state index contributed by atoms with van der Waals surface area (Å²) >= 11 is 1.16. The Bertz CT molecular complexity index is 1880. The van der Waals surface area contributed by atoms with Gasteiger partial charge < -0.3 is 30.1 Å². The van der Waals surface area contributed by atoms with Gasteiger partial charge in [0, 0.05) is 40.3 Å². The lowest BCUT2D eigenvalue weighted by atomic mass is 9.90. The third-order valence-corrected chi connectivity index (χ3v) is 8.84. The zero-order valence-electron chi connectivity index (χ0n) is 22.2. The number of ether oxygens (including phenoxy) is 1. The van der Waals surface area contributed by atoms with E-state index in [9.17, 15) is 5.26 Å². The molecule has 2 aliphatic rings. The first kappa shape index (κ1) is 25.6. The number of fused-ring (bicyclic) bond motifs is 4. The average molecular weight is 575 g/mol. The molecule has 10 nitrogen and oxygen atoms in total. The molecule has 0 spiro atoms. The lowest BCUT2D eigenvalue weighted by Gasteiger charge is -2.22. The van der Waals surface area contributed by atoms with Crippen molar-refractivity contribution in [3.8, 4) is 17.2 Å². The number of nitrogens with zero attached hydrogens (tertiary/aromatic N) is 6. The van der Waals surface area contributed by atoms with Crippen LogP contribution in [-0.2, 0) is 18.0 Å². The highest BCUT2D eigenvalue weighted by Gasteiger charge is 2.33. The Morgan fingerprint density at radius 2 is 2.00 bits per heavy atom. The summed E-state index contributed by atoms with van der Waals surface area (Å²) in [5, 5.41) is 17.8. The number of benzene rings is 2. The molecule has 5 heterocycles. The summed E-state index contributed by atoms with van der Waals surface area (Å²) in [5.74, 6) is -0.667. The predicted octanol–water partition coefficient (Wildman–Crippen LogP) is 5.15. The minimum Gasteiger partial charge on any atom is -0.389 e. The van der Waals surface area contributed by atoms with Crippen LogP contribution in [0.3, 0.4) is 0 Å². The molecule has 3 aromatic heterocycles. The molecule has 1 atom stereocenters. The maximum atomic E-state index is 17.0. The maximum absolute atomic E-state index is 17.0. The fraction of sp³-hybridized carbons (Fsp3) is 0.286. The molecule has 0 aliphatic carbocycles. The van der Waals surface area contributed by atoms with E-state index in [-0.39, 0.29) is 51.8 Å². The zero-order chi connectivity index (χ0) is 28.4. The van der Waals surface area contributed by atoms with Crippen molar-refractivity contribution in [2.45, 2.75) is 25.7 Å². The van der Waals surface area contributed by atoms with Crippen LogP contribution in [0.25, 0.3) is 32.1 Å². The van der Waals surface area contributed by atoms with Gasteiger partial charge in [-0.3, -0.25) is 0 Å². The number of nitrogens with two attached hydrogens (primary N) is 1. The number of likely N-dealkylation sites (N-methyl/N-ethyl adjacent to an activating group) is 1. The largest absolute Gasteiger partial charge is 0.389 e. The highest BCUT2D eigenvalue weighted by molar-refractivity contribution is 7.23. The summed E-state index contributed by atoms with van der Waals surface area (Å²) in [6.07, 6.45) is 3.82. The average Bonchev–Trinajstić information content (AvgIpc) is 3.76. The first-order valence-electron chi connectivity index (χ1n) is 13.0. The van der Waals surface area contributed by atoms with E-state index in [1.165, 1.54) is 18.5 Å². The SMILES string of the molecule is CN(C)C1CCN(c2nc(Nc3cnoc3)c3c4c(c(-c5c(F)ccc6sc(N)c(C#N)c56)c(F)c3n2)COC4)C1. The van der Waals surface area contributed by atoms with Crippen molar-refractivity contribution in [2.24, 2.45) is 0 Å². The quantitative estimate of drug-likeness (QED) is 0.291. The predicted molar refractivity (Wildman–Crippen MR) is 152 cm³/mol. The molecule has 0 amide bonds. The molecule has 1 saturated heterocycles. The zero-order valence-corrected chi connectivity index (χ0v) is 23.0. The lowest BCUT2D eigenvalue weighted by molar-refractivity contribution is 0.135. The van der Waals surface area contributed by atoms with Crippen LogP contribution >= 0.6 is 11.3 Å². The van der Waals surface area contributed by atoms with Crippen molar-refractivity contribution < 1.29 is 18.0 Å². The Hall–Kier alpha value is -4.38. The number of anilines is 4. The number of aromatic nitrogens is 3. The highest BCUT2D eigenvalue weighted by Crippen LogP contribution is 2.47. The normalized spacial score (nSPS) is 16.7. The van der Waals surface area contributed by atoms with Gasteiger partial charge in [-0.2, -0.15) is 10.2 Å². The Kier molecular flexibility index (Phi) is 6.00. The number of thiophene rings is 1. The van der Waals surface area contributed by atoms with Gasteiger partial charge in [-0.15, -0.1) is 11.3 Å².